The van der Waals surface area contributed by atoms with Gasteiger partial charge in [-0.2, -0.15) is 10.2 Å². The summed E-state index contributed by atoms with van der Waals surface area (Å²) < 4.78 is 3.70. The molecule has 3 heterocycles. The first-order chi connectivity index (χ1) is 10.5. The molecule has 8 nitrogen and oxygen atoms in total. The van der Waals surface area contributed by atoms with Crippen LogP contribution in [-0.4, -0.2) is 64.5 Å². The maximum absolute atomic E-state index is 4.35. The molecule has 22 heavy (non-hydrogen) atoms. The average Bonchev–Trinajstić information content (AvgIpc) is 3.04. The molecule has 1 aliphatic rings. The van der Waals surface area contributed by atoms with Crippen molar-refractivity contribution in [1.82, 2.24) is 39.3 Å². The first-order valence-corrected chi connectivity index (χ1v) is 7.68. The van der Waals surface area contributed by atoms with Crippen LogP contribution in [0, 0.1) is 0 Å². The molecule has 0 amide bonds. The van der Waals surface area contributed by atoms with Crippen molar-refractivity contribution in [3.8, 4) is 0 Å². The first-order valence-electron chi connectivity index (χ1n) is 7.68. The van der Waals surface area contributed by atoms with Gasteiger partial charge in [0.15, 0.2) is 0 Å². The van der Waals surface area contributed by atoms with E-state index < -0.39 is 0 Å². The third kappa shape index (κ3) is 3.02. The Kier molecular flexibility index (Phi) is 4.21. The molecule has 0 aliphatic carbocycles. The summed E-state index contributed by atoms with van der Waals surface area (Å²) in [4.78, 5) is 13.6. The maximum atomic E-state index is 4.35. The molecular weight excluding hydrogens is 280 g/mol. The van der Waals surface area contributed by atoms with Gasteiger partial charge in [-0.15, -0.1) is 0 Å². The summed E-state index contributed by atoms with van der Waals surface area (Å²) in [7, 11) is 3.89. The van der Waals surface area contributed by atoms with Crippen molar-refractivity contribution in [2.45, 2.75) is 39.0 Å². The molecule has 2 aromatic rings. The van der Waals surface area contributed by atoms with Gasteiger partial charge in [-0.3, -0.25) is 19.2 Å². The molecule has 120 valence electrons. The molecule has 1 saturated heterocycles. The smallest absolute Gasteiger partial charge is 0.140 e. The van der Waals surface area contributed by atoms with E-state index in [4.69, 9.17) is 0 Å². The van der Waals surface area contributed by atoms with E-state index >= 15 is 0 Å². The third-order valence-corrected chi connectivity index (χ3v) is 4.48. The highest BCUT2D eigenvalue weighted by Gasteiger charge is 2.30. The fourth-order valence-electron chi connectivity index (χ4n) is 3.20. The Morgan fingerprint density at radius 1 is 0.909 bits per heavy atom. The Hall–Kier alpha value is -1.80. The van der Waals surface area contributed by atoms with Crippen LogP contribution < -0.4 is 0 Å². The molecular formula is C14H24N8. The van der Waals surface area contributed by atoms with Gasteiger partial charge in [0.25, 0.3) is 0 Å². The van der Waals surface area contributed by atoms with Crippen molar-refractivity contribution in [1.29, 1.82) is 0 Å². The number of aromatic nitrogens is 6. The van der Waals surface area contributed by atoms with Crippen molar-refractivity contribution in [3.63, 3.8) is 0 Å². The molecule has 0 aromatic carbocycles. The third-order valence-electron chi connectivity index (χ3n) is 4.48. The SMILES string of the molecule is CC1CN(Cc2ncnn2C)CC(C)N1Cc1ncnn1C. The second-order valence-electron chi connectivity index (χ2n) is 6.16. The van der Waals surface area contributed by atoms with Crippen molar-refractivity contribution >= 4 is 0 Å². The van der Waals surface area contributed by atoms with Crippen LogP contribution in [-0.2, 0) is 27.2 Å². The van der Waals surface area contributed by atoms with E-state index in [2.05, 4.69) is 43.8 Å². The van der Waals surface area contributed by atoms with E-state index in [1.165, 1.54) is 0 Å². The molecule has 0 N–H and O–H groups in total. The van der Waals surface area contributed by atoms with E-state index in [1.54, 1.807) is 12.7 Å². The minimum atomic E-state index is 0.466. The van der Waals surface area contributed by atoms with Crippen LogP contribution in [0.15, 0.2) is 12.7 Å². The standard InChI is InChI=1S/C14H24N8/c1-11-5-21(7-13-15-9-17-19(13)3)6-12(2)22(11)8-14-16-10-18-20(14)4/h9-12H,5-8H2,1-4H3. The van der Waals surface area contributed by atoms with Gasteiger partial charge in [-0.25, -0.2) is 9.97 Å². The monoisotopic (exact) mass is 304 g/mol. The lowest BCUT2D eigenvalue weighted by molar-refractivity contribution is 0.0249. The Bertz CT molecular complexity index is 606. The highest BCUT2D eigenvalue weighted by Crippen LogP contribution is 2.19. The topological polar surface area (TPSA) is 67.9 Å². The molecule has 0 saturated carbocycles. The summed E-state index contributed by atoms with van der Waals surface area (Å²) in [5.41, 5.74) is 0. The fraction of sp³-hybridized carbons (Fsp3) is 0.714. The molecule has 2 unspecified atom stereocenters. The van der Waals surface area contributed by atoms with E-state index in [9.17, 15) is 0 Å². The summed E-state index contributed by atoms with van der Waals surface area (Å²) >= 11 is 0. The van der Waals surface area contributed by atoms with Gasteiger partial charge >= 0.3 is 0 Å². The second kappa shape index (κ2) is 6.13. The van der Waals surface area contributed by atoms with Crippen LogP contribution in [0.1, 0.15) is 25.5 Å². The summed E-state index contributed by atoms with van der Waals surface area (Å²) in [6, 6.07) is 0.933. The second-order valence-corrected chi connectivity index (χ2v) is 6.16. The quantitative estimate of drug-likeness (QED) is 0.794. The fourth-order valence-corrected chi connectivity index (χ4v) is 3.20. The molecule has 0 radical (unpaired) electrons. The lowest BCUT2D eigenvalue weighted by Gasteiger charge is -2.44. The van der Waals surface area contributed by atoms with Crippen LogP contribution in [0.2, 0.25) is 0 Å². The zero-order chi connectivity index (χ0) is 15.7. The maximum Gasteiger partial charge on any atom is 0.140 e. The predicted molar refractivity (Wildman–Crippen MR) is 81.8 cm³/mol. The lowest BCUT2D eigenvalue weighted by Crippen LogP contribution is -2.56. The molecule has 1 aliphatic heterocycles. The Morgan fingerprint density at radius 2 is 1.41 bits per heavy atom. The summed E-state index contributed by atoms with van der Waals surface area (Å²) in [5, 5.41) is 8.30. The largest absolute Gasteiger partial charge is 0.293 e. The zero-order valence-electron chi connectivity index (χ0n) is 13.7. The number of aryl methyl sites for hydroxylation is 2. The molecule has 0 spiro atoms. The van der Waals surface area contributed by atoms with Gasteiger partial charge in [0, 0.05) is 39.3 Å². The Labute approximate surface area is 130 Å². The van der Waals surface area contributed by atoms with Crippen LogP contribution in [0.4, 0.5) is 0 Å². The first kappa shape index (κ1) is 15.1. The van der Waals surface area contributed by atoms with Gasteiger partial charge in [-0.05, 0) is 13.8 Å². The Morgan fingerprint density at radius 3 is 1.86 bits per heavy atom. The molecule has 2 aromatic heterocycles. The van der Waals surface area contributed by atoms with E-state index in [0.29, 0.717) is 12.1 Å². The molecule has 1 fully saturated rings. The minimum absolute atomic E-state index is 0.466. The highest BCUT2D eigenvalue weighted by atomic mass is 15.4. The van der Waals surface area contributed by atoms with Crippen molar-refractivity contribution in [2.24, 2.45) is 14.1 Å². The molecule has 0 bridgehead atoms. The predicted octanol–water partition coefficient (Wildman–Crippen LogP) is 0.0384. The van der Waals surface area contributed by atoms with E-state index in [1.807, 2.05) is 23.5 Å². The lowest BCUT2D eigenvalue weighted by atomic mass is 10.1. The van der Waals surface area contributed by atoms with Crippen molar-refractivity contribution in [2.75, 3.05) is 13.1 Å². The van der Waals surface area contributed by atoms with Crippen LogP contribution in [0.5, 0.6) is 0 Å². The van der Waals surface area contributed by atoms with Gasteiger partial charge in [0.2, 0.25) is 0 Å². The normalized spacial score (nSPS) is 24.0. The zero-order valence-corrected chi connectivity index (χ0v) is 13.7. The summed E-state index contributed by atoms with van der Waals surface area (Å²) in [6.07, 6.45) is 3.24. The molecule has 8 heteroatoms. The van der Waals surface area contributed by atoms with Crippen molar-refractivity contribution in [3.05, 3.63) is 24.3 Å². The van der Waals surface area contributed by atoms with Crippen LogP contribution in [0.3, 0.4) is 0 Å². The van der Waals surface area contributed by atoms with Crippen LogP contribution in [0.25, 0.3) is 0 Å². The summed E-state index contributed by atoms with van der Waals surface area (Å²) in [5.74, 6) is 2.03. The van der Waals surface area contributed by atoms with Crippen LogP contribution >= 0.6 is 0 Å². The number of piperazine rings is 1. The van der Waals surface area contributed by atoms with Crippen molar-refractivity contribution < 1.29 is 0 Å². The minimum Gasteiger partial charge on any atom is -0.293 e. The Balaban J connectivity index is 1.64. The van der Waals surface area contributed by atoms with Gasteiger partial charge < -0.3 is 0 Å². The molecule has 2 atom stereocenters. The van der Waals surface area contributed by atoms with Gasteiger partial charge in [0.1, 0.15) is 24.3 Å². The number of hydrogen-bond donors (Lipinski definition) is 0. The number of hydrogen-bond acceptors (Lipinski definition) is 6. The van der Waals surface area contributed by atoms with Gasteiger partial charge in [-0.1, -0.05) is 0 Å². The number of nitrogens with zero attached hydrogens (tertiary/aromatic N) is 8. The van der Waals surface area contributed by atoms with Gasteiger partial charge in [0.05, 0.1) is 13.1 Å². The molecule has 3 rings (SSSR count). The number of rotatable bonds is 4. The summed E-state index contributed by atoms with van der Waals surface area (Å²) in [6.45, 7) is 8.29. The van der Waals surface area contributed by atoms with E-state index in [-0.39, 0.29) is 0 Å². The van der Waals surface area contributed by atoms with E-state index in [0.717, 1.165) is 37.8 Å². The highest BCUT2D eigenvalue weighted by molar-refractivity contribution is 4.93. The average molecular weight is 304 g/mol.